The molecule has 0 aliphatic heterocycles. The van der Waals surface area contributed by atoms with Crippen molar-refractivity contribution in [2.45, 2.75) is 43.7 Å². The van der Waals surface area contributed by atoms with E-state index < -0.39 is 10.0 Å². The third kappa shape index (κ3) is 6.24. The highest BCUT2D eigenvalue weighted by atomic mass is 32.2. The first-order valence-corrected chi connectivity index (χ1v) is 13.4. The van der Waals surface area contributed by atoms with Crippen LogP contribution in [0.3, 0.4) is 0 Å². The van der Waals surface area contributed by atoms with Crippen LogP contribution < -0.4 is 4.90 Å². The maximum Gasteiger partial charge on any atom is 0.260 e. The Labute approximate surface area is 207 Å². The molecule has 0 amide bonds. The van der Waals surface area contributed by atoms with Crippen molar-refractivity contribution in [3.8, 4) is 6.07 Å². The van der Waals surface area contributed by atoms with Gasteiger partial charge in [0.1, 0.15) is 11.9 Å². The highest BCUT2D eigenvalue weighted by molar-refractivity contribution is 7.89. The van der Waals surface area contributed by atoms with Crippen molar-refractivity contribution >= 4 is 15.8 Å². The van der Waals surface area contributed by atoms with E-state index in [9.17, 15) is 8.42 Å². The van der Waals surface area contributed by atoms with Gasteiger partial charge in [0.2, 0.25) is 0 Å². The summed E-state index contributed by atoms with van der Waals surface area (Å²) in [4.78, 5) is 14.8. The summed E-state index contributed by atoms with van der Waals surface area (Å²) >= 11 is 0. The molecular weight excluding hydrogens is 462 g/mol. The Balaban J connectivity index is 1.59. The van der Waals surface area contributed by atoms with Crippen LogP contribution in [0.2, 0.25) is 0 Å². The summed E-state index contributed by atoms with van der Waals surface area (Å²) < 4.78 is 30.7. The zero-order valence-electron chi connectivity index (χ0n) is 20.0. The Morgan fingerprint density at radius 2 is 1.91 bits per heavy atom. The lowest BCUT2D eigenvalue weighted by molar-refractivity contribution is 0.280. The Morgan fingerprint density at radius 3 is 2.54 bits per heavy atom. The molecule has 0 bridgehead atoms. The van der Waals surface area contributed by atoms with E-state index in [1.54, 1.807) is 47.2 Å². The third-order valence-electron chi connectivity index (χ3n) is 6.52. The van der Waals surface area contributed by atoms with Crippen molar-refractivity contribution in [1.82, 2.24) is 23.8 Å². The van der Waals surface area contributed by atoms with E-state index >= 15 is 0 Å². The van der Waals surface area contributed by atoms with Crippen LogP contribution >= 0.6 is 0 Å². The van der Waals surface area contributed by atoms with E-state index in [0.717, 1.165) is 31.4 Å². The number of sulfonamides is 1. The number of anilines is 1. The maximum absolute atomic E-state index is 13.6. The van der Waals surface area contributed by atoms with Crippen molar-refractivity contribution in [2.75, 3.05) is 24.5 Å². The first-order valence-electron chi connectivity index (χ1n) is 11.9. The highest BCUT2D eigenvalue weighted by Gasteiger charge is 2.29. The molecule has 184 valence electrons. The number of hydrogen-bond donors (Lipinski definition) is 0. The fourth-order valence-corrected chi connectivity index (χ4v) is 5.92. The van der Waals surface area contributed by atoms with Crippen LogP contribution in [0.15, 0.2) is 60.3 Å². The van der Waals surface area contributed by atoms with Crippen LogP contribution in [0.1, 0.15) is 43.4 Å². The first kappa shape index (κ1) is 24.8. The summed E-state index contributed by atoms with van der Waals surface area (Å²) in [6.07, 6.45) is 12.2. The number of imidazole rings is 1. The Morgan fingerprint density at radius 1 is 1.09 bits per heavy atom. The van der Waals surface area contributed by atoms with Gasteiger partial charge in [-0.25, -0.2) is 23.4 Å². The second-order valence-electron chi connectivity index (χ2n) is 8.97. The lowest BCUT2D eigenvalue weighted by Crippen LogP contribution is -2.42. The smallest absolute Gasteiger partial charge is 0.260 e. The average Bonchev–Trinajstić information content (AvgIpc) is 3.30. The van der Waals surface area contributed by atoms with Crippen molar-refractivity contribution < 1.29 is 8.42 Å². The van der Waals surface area contributed by atoms with Gasteiger partial charge in [0.05, 0.1) is 24.1 Å². The van der Waals surface area contributed by atoms with Gasteiger partial charge in [-0.3, -0.25) is 0 Å². The second kappa shape index (κ2) is 11.4. The molecule has 10 heteroatoms. The van der Waals surface area contributed by atoms with Crippen molar-refractivity contribution in [2.24, 2.45) is 13.0 Å². The maximum atomic E-state index is 13.6. The van der Waals surface area contributed by atoms with E-state index in [1.807, 2.05) is 16.5 Å². The van der Waals surface area contributed by atoms with Crippen molar-refractivity contribution in [3.05, 3.63) is 66.5 Å². The molecular formula is C25H31N7O2S. The quantitative estimate of drug-likeness (QED) is 0.426. The molecule has 1 aliphatic carbocycles. The van der Waals surface area contributed by atoms with Gasteiger partial charge >= 0.3 is 0 Å². The average molecular weight is 494 g/mol. The molecule has 35 heavy (non-hydrogen) atoms. The third-order valence-corrected chi connectivity index (χ3v) is 8.30. The Bertz CT molecular complexity index is 1230. The number of rotatable bonds is 10. The number of aromatic nitrogens is 4. The van der Waals surface area contributed by atoms with Gasteiger partial charge in [-0.2, -0.15) is 9.57 Å². The molecule has 0 aromatic carbocycles. The van der Waals surface area contributed by atoms with Crippen molar-refractivity contribution in [1.29, 1.82) is 5.26 Å². The molecule has 3 heterocycles. The lowest BCUT2D eigenvalue weighted by atomic mass is 9.89. The molecule has 0 saturated heterocycles. The van der Waals surface area contributed by atoms with E-state index in [2.05, 4.69) is 21.0 Å². The number of aryl methyl sites for hydroxylation is 1. The van der Waals surface area contributed by atoms with Gasteiger partial charge < -0.3 is 9.47 Å². The van der Waals surface area contributed by atoms with E-state index in [1.165, 1.54) is 18.8 Å². The van der Waals surface area contributed by atoms with Crippen LogP contribution in [-0.4, -0.2) is 51.9 Å². The largest absolute Gasteiger partial charge is 0.349 e. The zero-order chi connectivity index (χ0) is 24.7. The first-order chi connectivity index (χ1) is 17.0. The molecule has 1 aliphatic rings. The number of nitriles is 1. The van der Waals surface area contributed by atoms with Crippen molar-refractivity contribution in [3.63, 3.8) is 0 Å². The van der Waals surface area contributed by atoms with Gasteiger partial charge in [0.15, 0.2) is 5.03 Å². The van der Waals surface area contributed by atoms with Gasteiger partial charge in [-0.15, -0.1) is 0 Å². The molecule has 3 aromatic heterocycles. The van der Waals surface area contributed by atoms with E-state index in [4.69, 9.17) is 5.26 Å². The lowest BCUT2D eigenvalue weighted by Gasteiger charge is -2.31. The summed E-state index contributed by atoms with van der Waals surface area (Å²) in [5.41, 5.74) is 1.45. The SMILES string of the molecule is Cn1cncc1CN(CCN(CC1CCCCC1)S(=O)(=O)c1ccccn1)c1ccc(C#N)cn1. The van der Waals surface area contributed by atoms with E-state index in [0.29, 0.717) is 43.5 Å². The predicted octanol–water partition coefficient (Wildman–Crippen LogP) is 3.36. The van der Waals surface area contributed by atoms with Gasteiger partial charge in [-0.1, -0.05) is 25.3 Å². The molecule has 3 aromatic rings. The van der Waals surface area contributed by atoms with E-state index in [-0.39, 0.29) is 5.03 Å². The molecule has 4 rings (SSSR count). The second-order valence-corrected chi connectivity index (χ2v) is 10.9. The molecule has 1 fully saturated rings. The molecule has 0 spiro atoms. The monoisotopic (exact) mass is 493 g/mol. The predicted molar refractivity (Wildman–Crippen MR) is 133 cm³/mol. The molecule has 0 N–H and O–H groups in total. The zero-order valence-corrected chi connectivity index (χ0v) is 20.8. The molecule has 0 radical (unpaired) electrons. The summed E-state index contributed by atoms with van der Waals surface area (Å²) in [5.74, 6) is 1.03. The minimum absolute atomic E-state index is 0.0745. The Hall–Kier alpha value is -3.29. The number of hydrogen-bond acceptors (Lipinski definition) is 7. The van der Waals surface area contributed by atoms with Crippen LogP contribution in [-0.2, 0) is 23.6 Å². The minimum atomic E-state index is -3.74. The standard InChI is InChI=1S/C25H31N7O2S/c1-30-20-27-17-23(30)19-31(24-11-10-22(15-26)16-29-24)13-14-32(18-21-7-3-2-4-8-21)35(33,34)25-9-5-6-12-28-25/h5-6,9-12,16-17,20-21H,2-4,7-8,13-14,18-19H2,1H3. The number of nitrogens with zero attached hydrogens (tertiary/aromatic N) is 7. The van der Waals surface area contributed by atoms with Gasteiger partial charge in [-0.05, 0) is 43.0 Å². The summed E-state index contributed by atoms with van der Waals surface area (Å²) in [6, 6.07) is 10.6. The van der Waals surface area contributed by atoms with Crippen LogP contribution in [0.4, 0.5) is 5.82 Å². The van der Waals surface area contributed by atoms with Crippen LogP contribution in [0.25, 0.3) is 0 Å². The van der Waals surface area contributed by atoms with Crippen LogP contribution in [0.5, 0.6) is 0 Å². The summed E-state index contributed by atoms with van der Waals surface area (Å²) in [5, 5.41) is 9.22. The number of pyridine rings is 2. The summed E-state index contributed by atoms with van der Waals surface area (Å²) in [6.45, 7) is 1.73. The van der Waals surface area contributed by atoms with Gasteiger partial charge in [0, 0.05) is 45.3 Å². The fourth-order valence-electron chi connectivity index (χ4n) is 4.48. The molecule has 1 saturated carbocycles. The topological polar surface area (TPSA) is 108 Å². The minimum Gasteiger partial charge on any atom is -0.349 e. The normalized spacial score (nSPS) is 14.7. The Kier molecular flexibility index (Phi) is 8.10. The highest BCUT2D eigenvalue weighted by Crippen LogP contribution is 2.27. The fraction of sp³-hybridized carbons (Fsp3) is 0.440. The molecule has 9 nitrogen and oxygen atoms in total. The molecule has 0 unspecified atom stereocenters. The summed E-state index contributed by atoms with van der Waals surface area (Å²) in [7, 11) is -1.82. The van der Waals surface area contributed by atoms with Crippen LogP contribution in [0, 0.1) is 17.2 Å². The molecule has 0 atom stereocenters. The van der Waals surface area contributed by atoms with Gasteiger partial charge in [0.25, 0.3) is 10.0 Å².